The highest BCUT2D eigenvalue weighted by molar-refractivity contribution is 6.04. The molecule has 6 heteroatoms. The van der Waals surface area contributed by atoms with Crippen molar-refractivity contribution < 1.29 is 14.3 Å². The molecular formula is C21H35N3O3. The summed E-state index contributed by atoms with van der Waals surface area (Å²) in [5, 5.41) is 2.79. The first kappa shape index (κ1) is 23.0. The molecule has 0 spiro atoms. The van der Waals surface area contributed by atoms with Gasteiger partial charge in [-0.05, 0) is 64.0 Å². The van der Waals surface area contributed by atoms with E-state index in [-0.39, 0.29) is 11.9 Å². The summed E-state index contributed by atoms with van der Waals surface area (Å²) in [5.41, 5.74) is 0.510. The van der Waals surface area contributed by atoms with Gasteiger partial charge >= 0.3 is 0 Å². The van der Waals surface area contributed by atoms with Crippen molar-refractivity contribution in [3.05, 3.63) is 29.8 Å². The van der Waals surface area contributed by atoms with Crippen molar-refractivity contribution in [2.75, 3.05) is 33.4 Å². The molecule has 0 unspecified atom stereocenters. The van der Waals surface area contributed by atoms with Crippen LogP contribution in [0, 0.1) is 0 Å². The van der Waals surface area contributed by atoms with Crippen molar-refractivity contribution in [1.82, 2.24) is 10.2 Å². The molecule has 1 amide bonds. The zero-order valence-electron chi connectivity index (χ0n) is 17.5. The van der Waals surface area contributed by atoms with Gasteiger partial charge in [-0.3, -0.25) is 10.1 Å². The SMILES string of the molecule is CCCOC(=N[C@@H](C)CCCN(CC)CC)NC(=O)c1cccc(OC)c1. The van der Waals surface area contributed by atoms with Gasteiger partial charge in [-0.1, -0.05) is 26.8 Å². The van der Waals surface area contributed by atoms with Gasteiger partial charge < -0.3 is 14.4 Å². The number of carbonyl (C=O) groups is 1. The third-order valence-electron chi connectivity index (χ3n) is 4.32. The fourth-order valence-corrected chi connectivity index (χ4v) is 2.65. The van der Waals surface area contributed by atoms with Crippen molar-refractivity contribution in [3.63, 3.8) is 0 Å². The zero-order chi connectivity index (χ0) is 20.1. The van der Waals surface area contributed by atoms with E-state index >= 15 is 0 Å². The summed E-state index contributed by atoms with van der Waals surface area (Å²) in [7, 11) is 1.58. The van der Waals surface area contributed by atoms with Crippen molar-refractivity contribution in [1.29, 1.82) is 0 Å². The number of hydrogen-bond donors (Lipinski definition) is 1. The standard InChI is InChI=1S/C21H35N3O3/c1-6-15-27-21(22-17(4)11-10-14-24(7-2)8-3)23-20(25)18-12-9-13-19(16-18)26-5/h9,12-13,16-17H,6-8,10-11,14-15H2,1-5H3,(H,22,23,25)/t17-/m0/s1. The highest BCUT2D eigenvalue weighted by Gasteiger charge is 2.12. The van der Waals surface area contributed by atoms with Gasteiger partial charge in [0.25, 0.3) is 11.9 Å². The molecule has 1 atom stereocenters. The molecule has 0 heterocycles. The number of ether oxygens (including phenoxy) is 2. The van der Waals surface area contributed by atoms with Gasteiger partial charge in [0, 0.05) is 5.56 Å². The Hall–Kier alpha value is -2.08. The number of amides is 1. The highest BCUT2D eigenvalue weighted by atomic mass is 16.5. The summed E-state index contributed by atoms with van der Waals surface area (Å²) in [5.74, 6) is 0.388. The van der Waals surface area contributed by atoms with Crippen molar-refractivity contribution in [2.24, 2.45) is 4.99 Å². The first-order chi connectivity index (χ1) is 13.0. The van der Waals surface area contributed by atoms with Gasteiger partial charge in [0.2, 0.25) is 0 Å². The summed E-state index contributed by atoms with van der Waals surface area (Å²) in [6, 6.07) is 7.39. The van der Waals surface area contributed by atoms with Gasteiger partial charge in [0.05, 0.1) is 19.8 Å². The highest BCUT2D eigenvalue weighted by Crippen LogP contribution is 2.12. The van der Waals surface area contributed by atoms with Crippen LogP contribution in [0.15, 0.2) is 29.3 Å². The third kappa shape index (κ3) is 8.91. The molecular weight excluding hydrogens is 342 g/mol. The van der Waals surface area contributed by atoms with Crippen LogP contribution >= 0.6 is 0 Å². The lowest BCUT2D eigenvalue weighted by Crippen LogP contribution is -2.34. The number of hydrogen-bond acceptors (Lipinski definition) is 5. The van der Waals surface area contributed by atoms with Crippen LogP contribution < -0.4 is 10.1 Å². The number of carbonyl (C=O) groups excluding carboxylic acids is 1. The summed E-state index contributed by atoms with van der Waals surface area (Å²) < 4.78 is 10.8. The lowest BCUT2D eigenvalue weighted by Gasteiger charge is -2.18. The second-order valence-corrected chi connectivity index (χ2v) is 6.49. The first-order valence-corrected chi connectivity index (χ1v) is 9.92. The molecule has 1 rings (SSSR count). The number of rotatable bonds is 11. The molecule has 27 heavy (non-hydrogen) atoms. The Bertz CT molecular complexity index is 586. The monoisotopic (exact) mass is 377 g/mol. The number of aliphatic imine (C=N–C) groups is 1. The lowest BCUT2D eigenvalue weighted by atomic mass is 10.2. The molecule has 1 aromatic carbocycles. The largest absolute Gasteiger partial charge is 0.497 e. The van der Waals surface area contributed by atoms with Gasteiger partial charge in [0.1, 0.15) is 5.75 Å². The second kappa shape index (κ2) is 13.1. The molecule has 1 N–H and O–H groups in total. The van der Waals surface area contributed by atoms with E-state index in [2.05, 4.69) is 36.0 Å². The van der Waals surface area contributed by atoms with Crippen LogP contribution in [0.4, 0.5) is 0 Å². The van der Waals surface area contributed by atoms with E-state index in [1.807, 2.05) is 6.92 Å². The maximum atomic E-state index is 12.5. The Morgan fingerprint density at radius 2 is 2.00 bits per heavy atom. The van der Waals surface area contributed by atoms with Crippen LogP contribution in [0.3, 0.4) is 0 Å². The smallest absolute Gasteiger partial charge is 0.291 e. The molecule has 0 saturated heterocycles. The maximum absolute atomic E-state index is 12.5. The van der Waals surface area contributed by atoms with E-state index in [1.165, 1.54) is 0 Å². The van der Waals surface area contributed by atoms with E-state index < -0.39 is 0 Å². The molecule has 6 nitrogen and oxygen atoms in total. The van der Waals surface area contributed by atoms with Crippen molar-refractivity contribution >= 4 is 11.9 Å². The van der Waals surface area contributed by atoms with Gasteiger partial charge in [-0.2, -0.15) is 0 Å². The molecule has 0 radical (unpaired) electrons. The number of nitrogens with one attached hydrogen (secondary N) is 1. The van der Waals surface area contributed by atoms with Crippen LogP contribution in [-0.2, 0) is 4.74 Å². The molecule has 1 aromatic rings. The van der Waals surface area contributed by atoms with Gasteiger partial charge in [-0.25, -0.2) is 4.99 Å². The van der Waals surface area contributed by atoms with Gasteiger partial charge in [-0.15, -0.1) is 0 Å². The van der Waals surface area contributed by atoms with E-state index in [9.17, 15) is 4.79 Å². The minimum atomic E-state index is -0.251. The van der Waals surface area contributed by atoms with Crippen molar-refractivity contribution in [2.45, 2.75) is 53.0 Å². The molecule has 152 valence electrons. The predicted octanol–water partition coefficient (Wildman–Crippen LogP) is 3.72. The Morgan fingerprint density at radius 3 is 2.63 bits per heavy atom. The average Bonchev–Trinajstić information content (AvgIpc) is 2.69. The summed E-state index contributed by atoms with van der Waals surface area (Å²) in [6.07, 6.45) is 2.87. The number of methoxy groups -OCH3 is 1. The molecule has 0 aliphatic carbocycles. The second-order valence-electron chi connectivity index (χ2n) is 6.49. The van der Waals surface area contributed by atoms with Crippen molar-refractivity contribution in [3.8, 4) is 5.75 Å². The Balaban J connectivity index is 2.69. The zero-order valence-corrected chi connectivity index (χ0v) is 17.5. The van der Waals surface area contributed by atoms with E-state index in [1.54, 1.807) is 31.4 Å². The number of benzene rings is 1. The Kier molecular flexibility index (Phi) is 11.2. The maximum Gasteiger partial charge on any atom is 0.291 e. The normalized spacial score (nSPS) is 12.7. The van der Waals surface area contributed by atoms with E-state index in [4.69, 9.17) is 9.47 Å². The number of amidine groups is 1. The van der Waals surface area contributed by atoms with E-state index in [0.29, 0.717) is 23.9 Å². The first-order valence-electron chi connectivity index (χ1n) is 9.92. The van der Waals surface area contributed by atoms with Crippen LogP contribution in [0.25, 0.3) is 0 Å². The number of nitrogens with zero attached hydrogens (tertiary/aromatic N) is 2. The minimum absolute atomic E-state index is 0.0815. The van der Waals surface area contributed by atoms with Crippen LogP contribution in [0.1, 0.15) is 57.3 Å². The average molecular weight is 378 g/mol. The Labute approximate surface area is 163 Å². The van der Waals surface area contributed by atoms with Crippen LogP contribution in [-0.4, -0.2) is 56.2 Å². The molecule has 0 saturated carbocycles. The molecule has 0 aliphatic heterocycles. The fourth-order valence-electron chi connectivity index (χ4n) is 2.65. The molecule has 0 bridgehead atoms. The summed E-state index contributed by atoms with van der Waals surface area (Å²) >= 11 is 0. The quantitative estimate of drug-likeness (QED) is 0.472. The summed E-state index contributed by atoms with van der Waals surface area (Å²) in [4.78, 5) is 19.5. The molecule has 0 aliphatic rings. The van der Waals surface area contributed by atoms with Crippen LogP contribution in [0.5, 0.6) is 5.75 Å². The molecule has 0 fully saturated rings. The van der Waals surface area contributed by atoms with E-state index in [0.717, 1.165) is 38.9 Å². The molecule has 0 aromatic heterocycles. The topological polar surface area (TPSA) is 63.2 Å². The third-order valence-corrected chi connectivity index (χ3v) is 4.32. The minimum Gasteiger partial charge on any atom is -0.497 e. The Morgan fingerprint density at radius 1 is 1.26 bits per heavy atom. The fraction of sp³-hybridized carbons (Fsp3) is 0.619. The lowest BCUT2D eigenvalue weighted by molar-refractivity contribution is 0.0964. The van der Waals surface area contributed by atoms with Crippen LogP contribution in [0.2, 0.25) is 0 Å². The summed E-state index contributed by atoms with van der Waals surface area (Å²) in [6.45, 7) is 12.1. The van der Waals surface area contributed by atoms with Gasteiger partial charge in [0.15, 0.2) is 0 Å². The predicted molar refractivity (Wildman–Crippen MR) is 111 cm³/mol.